The smallest absolute Gasteiger partial charge is 0.310 e. The molecule has 0 unspecified atom stereocenters. The van der Waals surface area contributed by atoms with E-state index in [1.807, 2.05) is 40.7 Å². The first-order valence-electron chi connectivity index (χ1n) is 8.43. The van der Waals surface area contributed by atoms with E-state index < -0.39 is 11.5 Å². The van der Waals surface area contributed by atoms with Crippen LogP contribution in [0.3, 0.4) is 0 Å². The molecular weight excluding hydrogens is 348 g/mol. The average molecular weight is 375 g/mol. The summed E-state index contributed by atoms with van der Waals surface area (Å²) in [7, 11) is 1.40. The molecule has 0 amide bonds. The predicted octanol–water partition coefficient (Wildman–Crippen LogP) is 2.24. The van der Waals surface area contributed by atoms with Crippen molar-refractivity contribution in [2.45, 2.75) is 46.6 Å². The lowest BCUT2D eigenvalue weighted by atomic mass is 9.98. The van der Waals surface area contributed by atoms with Gasteiger partial charge in [0.1, 0.15) is 12.6 Å². The van der Waals surface area contributed by atoms with E-state index in [1.165, 1.54) is 7.11 Å². The Morgan fingerprint density at radius 3 is 2.11 bits per heavy atom. The Morgan fingerprint density at radius 2 is 1.74 bits per heavy atom. The Hall–Kier alpha value is -2.90. The molecule has 0 radical (unpaired) electrons. The van der Waals surface area contributed by atoms with Gasteiger partial charge in [-0.3, -0.25) is 9.59 Å². The van der Waals surface area contributed by atoms with E-state index in [2.05, 4.69) is 19.8 Å². The van der Waals surface area contributed by atoms with E-state index in [4.69, 9.17) is 5.11 Å². The molecule has 0 aliphatic rings. The molecule has 2 rings (SSSR count). The molecular formula is C19H27N4O4+. The SMILES string of the molecule is CC(C)(CC(=O)O)[n+]1ccc(-c2ncccn2)cn1.COC(=O)C(C)(C)C. The zero-order valence-corrected chi connectivity index (χ0v) is 16.6. The summed E-state index contributed by atoms with van der Waals surface area (Å²) >= 11 is 0. The second-order valence-electron chi connectivity index (χ2n) is 7.56. The Balaban J connectivity index is 0.000000387. The lowest BCUT2D eigenvalue weighted by Gasteiger charge is -2.14. The molecule has 8 heteroatoms. The van der Waals surface area contributed by atoms with E-state index in [0.717, 1.165) is 5.56 Å². The topological polar surface area (TPSA) is 106 Å². The van der Waals surface area contributed by atoms with Gasteiger partial charge < -0.3 is 9.84 Å². The van der Waals surface area contributed by atoms with Crippen molar-refractivity contribution in [2.75, 3.05) is 7.11 Å². The average Bonchev–Trinajstić information content (AvgIpc) is 2.60. The largest absolute Gasteiger partial charge is 0.481 e. The number of nitrogens with zero attached hydrogens (tertiary/aromatic N) is 4. The van der Waals surface area contributed by atoms with Crippen LogP contribution in [0.25, 0.3) is 11.4 Å². The predicted molar refractivity (Wildman–Crippen MR) is 98.5 cm³/mol. The molecule has 2 heterocycles. The molecule has 146 valence electrons. The highest BCUT2D eigenvalue weighted by Gasteiger charge is 2.33. The number of carbonyl (C=O) groups is 2. The van der Waals surface area contributed by atoms with Crippen molar-refractivity contribution in [3.63, 3.8) is 0 Å². The number of hydrogen-bond donors (Lipinski definition) is 1. The second kappa shape index (κ2) is 9.16. The van der Waals surface area contributed by atoms with Crippen LogP contribution in [0.1, 0.15) is 41.0 Å². The normalized spacial score (nSPS) is 11.2. The number of hydrogen-bond acceptors (Lipinski definition) is 6. The molecule has 0 bridgehead atoms. The Kier molecular flexibility index (Phi) is 7.51. The van der Waals surface area contributed by atoms with Crippen molar-refractivity contribution >= 4 is 11.9 Å². The molecule has 2 aromatic heterocycles. The van der Waals surface area contributed by atoms with Crippen LogP contribution in [0, 0.1) is 5.41 Å². The van der Waals surface area contributed by atoms with Gasteiger partial charge in [-0.1, -0.05) is 4.68 Å². The van der Waals surface area contributed by atoms with Crippen LogP contribution in [0.15, 0.2) is 36.9 Å². The summed E-state index contributed by atoms with van der Waals surface area (Å²) in [5, 5.41) is 13.1. The molecule has 0 aliphatic carbocycles. The van der Waals surface area contributed by atoms with Gasteiger partial charge >= 0.3 is 11.9 Å². The van der Waals surface area contributed by atoms with E-state index in [1.54, 1.807) is 35.5 Å². The summed E-state index contributed by atoms with van der Waals surface area (Å²) in [5.41, 5.74) is -0.139. The number of rotatable bonds is 4. The molecule has 1 N–H and O–H groups in total. The summed E-state index contributed by atoms with van der Waals surface area (Å²) in [6.07, 6.45) is 6.72. The van der Waals surface area contributed by atoms with Crippen LogP contribution in [0.5, 0.6) is 0 Å². The molecule has 0 fully saturated rings. The summed E-state index contributed by atoms with van der Waals surface area (Å²) < 4.78 is 6.11. The van der Waals surface area contributed by atoms with Crippen LogP contribution in [-0.4, -0.2) is 39.2 Å². The van der Waals surface area contributed by atoms with Gasteiger partial charge in [0.25, 0.3) is 0 Å². The van der Waals surface area contributed by atoms with Crippen molar-refractivity contribution in [1.29, 1.82) is 0 Å². The zero-order valence-electron chi connectivity index (χ0n) is 16.6. The third-order valence-electron chi connectivity index (χ3n) is 3.54. The van der Waals surface area contributed by atoms with Gasteiger partial charge in [0.05, 0.1) is 12.5 Å². The fraction of sp³-hybridized carbons (Fsp3) is 0.474. The van der Waals surface area contributed by atoms with Crippen LogP contribution in [-0.2, 0) is 19.9 Å². The summed E-state index contributed by atoms with van der Waals surface area (Å²) in [6.45, 7) is 9.11. The quantitative estimate of drug-likeness (QED) is 0.645. The highest BCUT2D eigenvalue weighted by Crippen LogP contribution is 2.14. The number of carboxylic acid groups (broad SMARTS) is 1. The minimum Gasteiger partial charge on any atom is -0.481 e. The van der Waals surface area contributed by atoms with Crippen LogP contribution >= 0.6 is 0 Å². The fourth-order valence-electron chi connectivity index (χ4n) is 2.05. The van der Waals surface area contributed by atoms with E-state index in [-0.39, 0.29) is 17.8 Å². The summed E-state index contributed by atoms with van der Waals surface area (Å²) in [6, 6.07) is 3.57. The number of aromatic nitrogens is 4. The first-order chi connectivity index (χ1) is 12.5. The van der Waals surface area contributed by atoms with Gasteiger partial charge in [-0.15, -0.1) is 0 Å². The standard InChI is InChI=1S/C13H14N4O2.C6H12O2/c1-13(2,8-11(18)19)17-7-4-10(9-16-17)12-14-5-3-6-15-12;1-6(2,3)5(7)8-4/h3-7,9H,8H2,1-2H3;1-4H3/p+1. The van der Waals surface area contributed by atoms with E-state index in [9.17, 15) is 9.59 Å². The number of aliphatic carboxylic acids is 1. The molecule has 2 aromatic rings. The molecule has 0 atom stereocenters. The molecule has 27 heavy (non-hydrogen) atoms. The fourth-order valence-corrected chi connectivity index (χ4v) is 2.05. The minimum absolute atomic E-state index is 0.00580. The van der Waals surface area contributed by atoms with Crippen molar-refractivity contribution in [2.24, 2.45) is 5.41 Å². The molecule has 0 aromatic carbocycles. The number of carbonyl (C=O) groups excluding carboxylic acids is 1. The van der Waals surface area contributed by atoms with Crippen LogP contribution in [0.4, 0.5) is 0 Å². The number of ether oxygens (including phenoxy) is 1. The Morgan fingerprint density at radius 1 is 1.15 bits per heavy atom. The van der Waals surface area contributed by atoms with Gasteiger partial charge in [-0.25, -0.2) is 9.97 Å². The van der Waals surface area contributed by atoms with Gasteiger partial charge in [-0.05, 0) is 31.9 Å². The van der Waals surface area contributed by atoms with E-state index >= 15 is 0 Å². The van der Waals surface area contributed by atoms with Gasteiger partial charge in [0, 0.05) is 37.9 Å². The third kappa shape index (κ3) is 7.08. The van der Waals surface area contributed by atoms with Crippen molar-refractivity contribution in [3.8, 4) is 11.4 Å². The molecule has 0 aliphatic heterocycles. The number of esters is 1. The highest BCUT2D eigenvalue weighted by molar-refractivity contribution is 5.75. The molecule has 8 nitrogen and oxygen atoms in total. The lowest BCUT2D eigenvalue weighted by molar-refractivity contribution is -0.808. The summed E-state index contributed by atoms with van der Waals surface area (Å²) in [4.78, 5) is 29.7. The summed E-state index contributed by atoms with van der Waals surface area (Å²) in [5.74, 6) is -0.426. The minimum atomic E-state index is -0.852. The maximum absolute atomic E-state index is 10.8. The first kappa shape index (κ1) is 22.1. The van der Waals surface area contributed by atoms with Crippen LogP contribution in [0.2, 0.25) is 0 Å². The monoisotopic (exact) mass is 375 g/mol. The van der Waals surface area contributed by atoms with Gasteiger partial charge in [0.15, 0.2) is 17.6 Å². The Labute approximate surface area is 159 Å². The molecule has 0 spiro atoms. The first-order valence-corrected chi connectivity index (χ1v) is 8.43. The highest BCUT2D eigenvalue weighted by atomic mass is 16.5. The van der Waals surface area contributed by atoms with Crippen molar-refractivity contribution < 1.29 is 24.1 Å². The third-order valence-corrected chi connectivity index (χ3v) is 3.54. The van der Waals surface area contributed by atoms with Crippen molar-refractivity contribution in [3.05, 3.63) is 36.9 Å². The maximum Gasteiger partial charge on any atom is 0.310 e. The maximum atomic E-state index is 10.8. The van der Waals surface area contributed by atoms with E-state index in [0.29, 0.717) is 5.82 Å². The molecule has 0 saturated heterocycles. The number of methoxy groups -OCH3 is 1. The number of carboxylic acids is 1. The van der Waals surface area contributed by atoms with Crippen molar-refractivity contribution in [1.82, 2.24) is 15.1 Å². The zero-order chi connectivity index (χ0) is 20.7. The van der Waals surface area contributed by atoms with Crippen LogP contribution < -0.4 is 4.68 Å². The van der Waals surface area contributed by atoms with Gasteiger partial charge in [0.2, 0.25) is 0 Å². The molecule has 0 saturated carbocycles. The second-order valence-corrected chi connectivity index (χ2v) is 7.56. The lowest BCUT2D eigenvalue weighted by Crippen LogP contribution is -2.55. The van der Waals surface area contributed by atoms with Gasteiger partial charge in [-0.2, -0.15) is 0 Å². The Bertz CT molecular complexity index is 754.